The van der Waals surface area contributed by atoms with Crippen molar-refractivity contribution in [3.05, 3.63) is 21.9 Å². The Kier molecular flexibility index (Phi) is 3.84. The van der Waals surface area contributed by atoms with Crippen molar-refractivity contribution in [3.63, 3.8) is 0 Å². The molecule has 0 aliphatic heterocycles. The van der Waals surface area contributed by atoms with Gasteiger partial charge in [0.1, 0.15) is 0 Å². The van der Waals surface area contributed by atoms with E-state index < -0.39 is 0 Å². The zero-order valence-corrected chi connectivity index (χ0v) is 11.1. The van der Waals surface area contributed by atoms with Gasteiger partial charge in [-0.3, -0.25) is 4.79 Å². The summed E-state index contributed by atoms with van der Waals surface area (Å²) in [5.74, 6) is 0.140. The van der Waals surface area contributed by atoms with Gasteiger partial charge in [0.15, 0.2) is 0 Å². The lowest BCUT2D eigenvalue weighted by molar-refractivity contribution is -0.124. The van der Waals surface area contributed by atoms with Gasteiger partial charge in [-0.1, -0.05) is 6.42 Å². The van der Waals surface area contributed by atoms with Gasteiger partial charge in [-0.2, -0.15) is 11.3 Å². The maximum Gasteiger partial charge on any atom is 0.220 e. The molecule has 4 heteroatoms. The number of hydrogen-bond donors (Lipinski definition) is 2. The molecule has 0 spiro atoms. The number of aryl methyl sites for hydroxylation is 1. The largest absolute Gasteiger partial charge is 0.352 e. The third-order valence-electron chi connectivity index (χ3n) is 3.82. The first kappa shape index (κ1) is 12.6. The van der Waals surface area contributed by atoms with Gasteiger partial charge in [0, 0.05) is 13.0 Å². The molecule has 1 aromatic heterocycles. The summed E-state index contributed by atoms with van der Waals surface area (Å²) in [5.41, 5.74) is 8.34. The SMILES string of the molecule is Cc1cscc1CNC(=O)CC1(CN)CCC1. The van der Waals surface area contributed by atoms with E-state index in [1.165, 1.54) is 17.5 Å². The van der Waals surface area contributed by atoms with E-state index in [2.05, 4.69) is 23.0 Å². The third kappa shape index (κ3) is 2.87. The van der Waals surface area contributed by atoms with E-state index in [1.807, 2.05) is 0 Å². The fourth-order valence-corrected chi connectivity index (χ4v) is 3.15. The first-order chi connectivity index (χ1) is 8.15. The Morgan fingerprint density at radius 1 is 1.53 bits per heavy atom. The van der Waals surface area contributed by atoms with Crippen molar-refractivity contribution in [1.82, 2.24) is 5.32 Å². The molecule has 0 saturated heterocycles. The van der Waals surface area contributed by atoms with Crippen LogP contribution in [0.5, 0.6) is 0 Å². The maximum atomic E-state index is 11.9. The fourth-order valence-electron chi connectivity index (χ4n) is 2.29. The molecule has 1 amide bonds. The highest BCUT2D eigenvalue weighted by Crippen LogP contribution is 2.42. The molecule has 1 fully saturated rings. The summed E-state index contributed by atoms with van der Waals surface area (Å²) in [6.07, 6.45) is 4.02. The predicted molar refractivity (Wildman–Crippen MR) is 70.9 cm³/mol. The summed E-state index contributed by atoms with van der Waals surface area (Å²) in [4.78, 5) is 11.9. The Balaban J connectivity index is 1.80. The van der Waals surface area contributed by atoms with E-state index in [-0.39, 0.29) is 11.3 Å². The zero-order valence-electron chi connectivity index (χ0n) is 10.3. The van der Waals surface area contributed by atoms with Crippen molar-refractivity contribution in [2.24, 2.45) is 11.1 Å². The van der Waals surface area contributed by atoms with Gasteiger partial charge in [0.2, 0.25) is 5.91 Å². The van der Waals surface area contributed by atoms with Crippen LogP contribution >= 0.6 is 11.3 Å². The van der Waals surface area contributed by atoms with E-state index in [0.717, 1.165) is 12.8 Å². The first-order valence-electron chi connectivity index (χ1n) is 6.14. The van der Waals surface area contributed by atoms with Gasteiger partial charge >= 0.3 is 0 Å². The first-order valence-corrected chi connectivity index (χ1v) is 7.08. The van der Waals surface area contributed by atoms with Crippen LogP contribution in [0.2, 0.25) is 0 Å². The van der Waals surface area contributed by atoms with Crippen molar-refractivity contribution < 1.29 is 4.79 Å². The van der Waals surface area contributed by atoms with Crippen molar-refractivity contribution >= 4 is 17.2 Å². The summed E-state index contributed by atoms with van der Waals surface area (Å²) in [7, 11) is 0. The second kappa shape index (κ2) is 5.19. The van der Waals surface area contributed by atoms with Crippen LogP contribution in [-0.4, -0.2) is 12.5 Å². The molecule has 1 aromatic rings. The second-order valence-corrected chi connectivity index (χ2v) is 5.83. The molecule has 2 rings (SSSR count). The van der Waals surface area contributed by atoms with Crippen molar-refractivity contribution in [3.8, 4) is 0 Å². The van der Waals surface area contributed by atoms with Gasteiger partial charge in [0.05, 0.1) is 0 Å². The monoisotopic (exact) mass is 252 g/mol. The lowest BCUT2D eigenvalue weighted by Gasteiger charge is -2.40. The summed E-state index contributed by atoms with van der Waals surface area (Å²) >= 11 is 1.68. The lowest BCUT2D eigenvalue weighted by Crippen LogP contribution is -2.41. The molecule has 0 radical (unpaired) electrons. The molecule has 3 nitrogen and oxygen atoms in total. The van der Waals surface area contributed by atoms with E-state index in [4.69, 9.17) is 5.73 Å². The number of hydrogen-bond acceptors (Lipinski definition) is 3. The van der Waals surface area contributed by atoms with Crippen LogP contribution in [-0.2, 0) is 11.3 Å². The van der Waals surface area contributed by atoms with Gasteiger partial charge < -0.3 is 11.1 Å². The molecule has 17 heavy (non-hydrogen) atoms. The molecule has 0 bridgehead atoms. The molecule has 0 aromatic carbocycles. The Bertz CT molecular complexity index is 390. The number of rotatable bonds is 5. The highest BCUT2D eigenvalue weighted by molar-refractivity contribution is 7.08. The maximum absolute atomic E-state index is 11.9. The standard InChI is InChI=1S/C13H20N2OS/c1-10-7-17-8-11(10)6-15-12(16)5-13(9-14)3-2-4-13/h7-8H,2-6,9,14H2,1H3,(H,15,16). The van der Waals surface area contributed by atoms with E-state index in [0.29, 0.717) is 19.5 Å². The topological polar surface area (TPSA) is 55.1 Å². The molecule has 0 atom stereocenters. The normalized spacial score (nSPS) is 17.5. The number of nitrogens with two attached hydrogens (primary N) is 1. The molecule has 1 heterocycles. The number of thiophene rings is 1. The average Bonchev–Trinajstić information content (AvgIpc) is 2.67. The molecule has 1 aliphatic carbocycles. The van der Waals surface area contributed by atoms with E-state index in [9.17, 15) is 4.79 Å². The van der Waals surface area contributed by atoms with Crippen LogP contribution in [0.1, 0.15) is 36.8 Å². The van der Waals surface area contributed by atoms with Crippen molar-refractivity contribution in [2.75, 3.05) is 6.54 Å². The number of amides is 1. The van der Waals surface area contributed by atoms with Crippen LogP contribution in [0.4, 0.5) is 0 Å². The predicted octanol–water partition coefficient (Wildman–Crippen LogP) is 2.19. The number of nitrogens with one attached hydrogen (secondary N) is 1. The highest BCUT2D eigenvalue weighted by Gasteiger charge is 2.37. The minimum atomic E-state index is 0.105. The van der Waals surface area contributed by atoms with Gasteiger partial charge in [-0.05, 0) is 53.6 Å². The number of carbonyl (C=O) groups is 1. The minimum absolute atomic E-state index is 0.105. The van der Waals surface area contributed by atoms with Gasteiger partial charge in [0.25, 0.3) is 0 Å². The summed E-state index contributed by atoms with van der Waals surface area (Å²) in [6.45, 7) is 3.36. The summed E-state index contributed by atoms with van der Waals surface area (Å²) < 4.78 is 0. The molecule has 3 N–H and O–H groups in total. The summed E-state index contributed by atoms with van der Waals surface area (Å²) in [5, 5.41) is 7.20. The van der Waals surface area contributed by atoms with E-state index in [1.54, 1.807) is 11.3 Å². The Labute approximate surface area is 106 Å². The van der Waals surface area contributed by atoms with Crippen LogP contribution in [0, 0.1) is 12.3 Å². The summed E-state index contributed by atoms with van der Waals surface area (Å²) in [6, 6.07) is 0. The Morgan fingerprint density at radius 2 is 2.29 bits per heavy atom. The quantitative estimate of drug-likeness (QED) is 0.844. The molecule has 1 aliphatic rings. The zero-order chi connectivity index (χ0) is 12.3. The van der Waals surface area contributed by atoms with Crippen LogP contribution in [0.15, 0.2) is 10.8 Å². The molecular weight excluding hydrogens is 232 g/mol. The second-order valence-electron chi connectivity index (χ2n) is 5.09. The molecule has 0 unspecified atom stereocenters. The Morgan fingerprint density at radius 3 is 2.76 bits per heavy atom. The average molecular weight is 252 g/mol. The van der Waals surface area contributed by atoms with Gasteiger partial charge in [-0.25, -0.2) is 0 Å². The van der Waals surface area contributed by atoms with Gasteiger partial charge in [-0.15, -0.1) is 0 Å². The third-order valence-corrected chi connectivity index (χ3v) is 4.73. The van der Waals surface area contributed by atoms with Crippen LogP contribution in [0.3, 0.4) is 0 Å². The highest BCUT2D eigenvalue weighted by atomic mass is 32.1. The van der Waals surface area contributed by atoms with Crippen LogP contribution in [0.25, 0.3) is 0 Å². The molecular formula is C13H20N2OS. The minimum Gasteiger partial charge on any atom is -0.352 e. The van der Waals surface area contributed by atoms with E-state index >= 15 is 0 Å². The Hall–Kier alpha value is -0.870. The van der Waals surface area contributed by atoms with Crippen molar-refractivity contribution in [1.29, 1.82) is 0 Å². The smallest absolute Gasteiger partial charge is 0.220 e. The number of carbonyl (C=O) groups excluding carboxylic acids is 1. The fraction of sp³-hybridized carbons (Fsp3) is 0.615. The van der Waals surface area contributed by atoms with Crippen LogP contribution < -0.4 is 11.1 Å². The molecule has 94 valence electrons. The molecule has 1 saturated carbocycles. The lowest BCUT2D eigenvalue weighted by atomic mass is 9.66. The van der Waals surface area contributed by atoms with Crippen molar-refractivity contribution in [2.45, 2.75) is 39.2 Å².